The van der Waals surface area contributed by atoms with Crippen molar-refractivity contribution in [3.05, 3.63) is 81.9 Å². The van der Waals surface area contributed by atoms with Crippen molar-refractivity contribution in [3.63, 3.8) is 0 Å². The van der Waals surface area contributed by atoms with Gasteiger partial charge in [-0.1, -0.05) is 17.7 Å². The number of methoxy groups -OCH3 is 3. The number of nitrogens with zero attached hydrogens (tertiary/aromatic N) is 1. The first kappa shape index (κ1) is 24.6. The molecule has 8 nitrogen and oxygen atoms in total. The van der Waals surface area contributed by atoms with E-state index in [0.717, 1.165) is 5.56 Å². The number of hydrogen-bond acceptors (Lipinski definition) is 7. The normalized spacial score (nSPS) is 10.6. The molecule has 34 heavy (non-hydrogen) atoms. The van der Waals surface area contributed by atoms with Gasteiger partial charge in [0, 0.05) is 0 Å². The minimum atomic E-state index is -0.595. The van der Waals surface area contributed by atoms with Crippen molar-refractivity contribution in [1.29, 1.82) is 0 Å². The quantitative estimate of drug-likeness (QED) is 0.217. The van der Waals surface area contributed by atoms with Gasteiger partial charge in [-0.25, -0.2) is 10.2 Å². The molecule has 0 aliphatic heterocycles. The van der Waals surface area contributed by atoms with Gasteiger partial charge >= 0.3 is 5.97 Å². The number of carbonyl (C=O) groups excluding carboxylic acids is 2. The topological polar surface area (TPSA) is 95.5 Å². The summed E-state index contributed by atoms with van der Waals surface area (Å²) in [6, 6.07) is 14.7. The molecule has 0 atom stereocenters. The molecule has 176 valence electrons. The van der Waals surface area contributed by atoms with Crippen LogP contribution in [0.15, 0.2) is 59.7 Å². The number of carbonyl (C=O) groups is 2. The summed E-state index contributed by atoms with van der Waals surface area (Å²) in [6.45, 7) is 1.89. The molecule has 0 spiro atoms. The monoisotopic (exact) mass is 482 g/mol. The highest BCUT2D eigenvalue weighted by Gasteiger charge is 2.18. The van der Waals surface area contributed by atoms with Crippen molar-refractivity contribution in [3.8, 4) is 23.0 Å². The largest absolute Gasteiger partial charge is 0.493 e. The van der Waals surface area contributed by atoms with Crippen LogP contribution in [0.3, 0.4) is 0 Å². The molecule has 0 saturated carbocycles. The molecule has 0 aliphatic carbocycles. The van der Waals surface area contributed by atoms with Crippen LogP contribution in [0.5, 0.6) is 23.0 Å². The average molecular weight is 483 g/mol. The van der Waals surface area contributed by atoms with Gasteiger partial charge < -0.3 is 18.9 Å². The lowest BCUT2D eigenvalue weighted by molar-refractivity contribution is 0.0733. The number of aryl methyl sites for hydroxylation is 1. The molecule has 0 heterocycles. The molecule has 0 fully saturated rings. The number of esters is 1. The molecule has 0 aromatic heterocycles. The molecule has 0 radical (unpaired) electrons. The van der Waals surface area contributed by atoms with Gasteiger partial charge in [0.2, 0.25) is 5.75 Å². The highest BCUT2D eigenvalue weighted by Crippen LogP contribution is 2.38. The Balaban J connectivity index is 1.64. The fourth-order valence-electron chi connectivity index (χ4n) is 3.02. The van der Waals surface area contributed by atoms with Crippen molar-refractivity contribution in [2.75, 3.05) is 21.3 Å². The van der Waals surface area contributed by atoms with E-state index in [2.05, 4.69) is 10.5 Å². The third kappa shape index (κ3) is 5.85. The van der Waals surface area contributed by atoms with Gasteiger partial charge in [0.25, 0.3) is 5.91 Å². The second-order valence-electron chi connectivity index (χ2n) is 7.05. The summed E-state index contributed by atoms with van der Waals surface area (Å²) in [5.41, 5.74) is 4.64. The van der Waals surface area contributed by atoms with Crippen LogP contribution in [-0.4, -0.2) is 39.4 Å². The zero-order chi connectivity index (χ0) is 24.7. The Morgan fingerprint density at radius 2 is 1.56 bits per heavy atom. The molecule has 3 aromatic rings. The van der Waals surface area contributed by atoms with E-state index in [-0.39, 0.29) is 5.56 Å². The van der Waals surface area contributed by atoms with Crippen molar-refractivity contribution < 1.29 is 28.5 Å². The standard InChI is InChI=1S/C25H23ClN2O6/c1-15-5-10-19(20(26)11-15)24(29)28-27-14-16-6-8-18(9-7-16)34-25(30)17-12-21(31-2)23(33-4)22(13-17)32-3/h5-14H,1-4H3,(H,28,29)/b27-14-. The van der Waals surface area contributed by atoms with E-state index in [4.69, 9.17) is 30.5 Å². The number of hydrogen-bond donors (Lipinski definition) is 1. The molecule has 0 aliphatic rings. The lowest BCUT2D eigenvalue weighted by Gasteiger charge is -2.13. The lowest BCUT2D eigenvalue weighted by atomic mass is 10.1. The number of benzene rings is 3. The van der Waals surface area contributed by atoms with E-state index >= 15 is 0 Å². The van der Waals surface area contributed by atoms with Crippen LogP contribution in [-0.2, 0) is 0 Å². The van der Waals surface area contributed by atoms with Crippen molar-refractivity contribution in [2.24, 2.45) is 5.10 Å². The molecule has 3 aromatic carbocycles. The molecule has 0 unspecified atom stereocenters. The van der Waals surface area contributed by atoms with Crippen LogP contribution >= 0.6 is 11.6 Å². The number of rotatable bonds is 8. The maximum atomic E-state index is 12.6. The number of nitrogens with one attached hydrogen (secondary N) is 1. The maximum absolute atomic E-state index is 12.6. The Kier molecular flexibility index (Phi) is 8.10. The second kappa shape index (κ2) is 11.2. The third-order valence-electron chi connectivity index (χ3n) is 4.74. The highest BCUT2D eigenvalue weighted by molar-refractivity contribution is 6.33. The summed E-state index contributed by atoms with van der Waals surface area (Å²) in [4.78, 5) is 24.8. The summed E-state index contributed by atoms with van der Waals surface area (Å²) in [5, 5.41) is 4.30. The fourth-order valence-corrected chi connectivity index (χ4v) is 3.34. The van der Waals surface area contributed by atoms with E-state index in [1.165, 1.54) is 39.7 Å². The zero-order valence-corrected chi connectivity index (χ0v) is 19.8. The molecule has 3 rings (SSSR count). The van der Waals surface area contributed by atoms with Crippen molar-refractivity contribution >= 4 is 29.7 Å². The number of ether oxygens (including phenoxy) is 4. The highest BCUT2D eigenvalue weighted by atomic mass is 35.5. The maximum Gasteiger partial charge on any atom is 0.343 e. The minimum absolute atomic E-state index is 0.234. The fraction of sp³-hybridized carbons (Fsp3) is 0.160. The van der Waals surface area contributed by atoms with Gasteiger partial charge in [-0.05, 0) is 66.6 Å². The molecular formula is C25H23ClN2O6. The van der Waals surface area contributed by atoms with Crippen LogP contribution in [0.1, 0.15) is 31.8 Å². The van der Waals surface area contributed by atoms with E-state index < -0.39 is 11.9 Å². The Bertz CT molecular complexity index is 1200. The summed E-state index contributed by atoms with van der Waals surface area (Å²) < 4.78 is 21.2. The number of amides is 1. The Morgan fingerprint density at radius 1 is 0.912 bits per heavy atom. The smallest absolute Gasteiger partial charge is 0.343 e. The van der Waals surface area contributed by atoms with E-state index in [0.29, 0.717) is 39.1 Å². The Labute approximate surface area is 202 Å². The van der Waals surface area contributed by atoms with Gasteiger partial charge in [-0.3, -0.25) is 4.79 Å². The van der Waals surface area contributed by atoms with Gasteiger partial charge in [0.05, 0.1) is 43.7 Å². The van der Waals surface area contributed by atoms with Crippen molar-refractivity contribution in [2.45, 2.75) is 6.92 Å². The molecule has 0 bridgehead atoms. The minimum Gasteiger partial charge on any atom is -0.493 e. The van der Waals surface area contributed by atoms with E-state index in [9.17, 15) is 9.59 Å². The average Bonchev–Trinajstić information content (AvgIpc) is 2.83. The predicted molar refractivity (Wildman–Crippen MR) is 129 cm³/mol. The predicted octanol–water partition coefficient (Wildman–Crippen LogP) is 4.66. The zero-order valence-electron chi connectivity index (χ0n) is 19.0. The van der Waals surface area contributed by atoms with Crippen LogP contribution in [0.25, 0.3) is 0 Å². The first-order valence-electron chi connectivity index (χ1n) is 10.1. The number of hydrazone groups is 1. The molecule has 1 N–H and O–H groups in total. The summed E-state index contributed by atoms with van der Waals surface area (Å²) >= 11 is 6.10. The van der Waals surface area contributed by atoms with Crippen LogP contribution < -0.4 is 24.4 Å². The van der Waals surface area contributed by atoms with E-state index in [1.54, 1.807) is 42.5 Å². The van der Waals surface area contributed by atoms with Crippen molar-refractivity contribution in [1.82, 2.24) is 5.43 Å². The Hall–Kier alpha value is -4.04. The first-order valence-corrected chi connectivity index (χ1v) is 10.5. The first-order chi connectivity index (χ1) is 16.4. The van der Waals surface area contributed by atoms with Crippen LogP contribution in [0.4, 0.5) is 0 Å². The van der Waals surface area contributed by atoms with Gasteiger partial charge in [0.15, 0.2) is 11.5 Å². The summed E-state index contributed by atoms with van der Waals surface area (Å²) in [5.74, 6) is 0.372. The molecule has 0 saturated heterocycles. The van der Waals surface area contributed by atoms with Gasteiger partial charge in [-0.15, -0.1) is 0 Å². The SMILES string of the molecule is COc1cc(C(=O)Oc2ccc(/C=N\NC(=O)c3ccc(C)cc3Cl)cc2)cc(OC)c1OC. The Morgan fingerprint density at radius 3 is 2.12 bits per heavy atom. The van der Waals surface area contributed by atoms with E-state index in [1.807, 2.05) is 6.92 Å². The molecular weight excluding hydrogens is 460 g/mol. The van der Waals surface area contributed by atoms with Crippen LogP contribution in [0, 0.1) is 6.92 Å². The van der Waals surface area contributed by atoms with Gasteiger partial charge in [0.1, 0.15) is 5.75 Å². The lowest BCUT2D eigenvalue weighted by Crippen LogP contribution is -2.18. The molecule has 1 amide bonds. The third-order valence-corrected chi connectivity index (χ3v) is 5.05. The van der Waals surface area contributed by atoms with Crippen LogP contribution in [0.2, 0.25) is 5.02 Å². The summed E-state index contributed by atoms with van der Waals surface area (Å²) in [7, 11) is 4.40. The van der Waals surface area contributed by atoms with Gasteiger partial charge in [-0.2, -0.15) is 5.10 Å². The molecule has 9 heteroatoms. The second-order valence-corrected chi connectivity index (χ2v) is 7.46. The number of halogens is 1. The summed E-state index contributed by atoms with van der Waals surface area (Å²) in [6.07, 6.45) is 1.46.